The first-order valence-corrected chi connectivity index (χ1v) is 12.2. The van der Waals surface area contributed by atoms with E-state index in [-0.39, 0.29) is 0 Å². The first kappa shape index (κ1) is 20.0. The summed E-state index contributed by atoms with van der Waals surface area (Å²) >= 11 is 0. The Kier molecular flexibility index (Phi) is 4.47. The van der Waals surface area contributed by atoms with Crippen molar-refractivity contribution in [3.63, 3.8) is 0 Å². The van der Waals surface area contributed by atoms with Crippen LogP contribution in [0.25, 0.3) is 65.3 Å². The normalized spacial score (nSPS) is 11.6. The molecule has 0 nitrogen and oxygen atoms in total. The zero-order chi connectivity index (χ0) is 23.4. The van der Waals surface area contributed by atoms with Gasteiger partial charge in [0.1, 0.15) is 0 Å². The molecule has 0 fully saturated rings. The zero-order valence-corrected chi connectivity index (χ0v) is 19.6. The fourth-order valence-electron chi connectivity index (χ4n) is 5.77. The Morgan fingerprint density at radius 1 is 0.314 bits per heavy atom. The first-order valence-electron chi connectivity index (χ1n) is 12.2. The molecule has 0 atom stereocenters. The molecule has 0 heteroatoms. The Bertz CT molecular complexity index is 1770. The van der Waals surface area contributed by atoms with Crippen molar-refractivity contribution in [2.45, 2.75) is 6.92 Å². The van der Waals surface area contributed by atoms with Crippen LogP contribution < -0.4 is 0 Å². The summed E-state index contributed by atoms with van der Waals surface area (Å²) in [5.74, 6) is 0. The standard InChI is InChI=1S/C35H24/c1-23-26(34-21-24-11-2-4-13-28(24)30-15-6-8-17-32(30)34)19-10-20-27(23)35-22-25-12-3-5-14-29(25)31-16-7-9-18-33(31)35/h2-22H,1H3. The van der Waals surface area contributed by atoms with Gasteiger partial charge in [0.05, 0.1) is 0 Å². The Labute approximate surface area is 205 Å². The van der Waals surface area contributed by atoms with Gasteiger partial charge in [0.15, 0.2) is 0 Å². The van der Waals surface area contributed by atoms with Crippen molar-refractivity contribution in [2.24, 2.45) is 0 Å². The summed E-state index contributed by atoms with van der Waals surface area (Å²) in [5.41, 5.74) is 6.49. The third-order valence-electron chi connectivity index (χ3n) is 7.45. The molecule has 0 radical (unpaired) electrons. The van der Waals surface area contributed by atoms with Gasteiger partial charge < -0.3 is 0 Å². The molecule has 0 saturated heterocycles. The van der Waals surface area contributed by atoms with Crippen LogP contribution in [0, 0.1) is 6.92 Å². The van der Waals surface area contributed by atoms with Crippen LogP contribution in [0.4, 0.5) is 0 Å². The lowest BCUT2D eigenvalue weighted by molar-refractivity contribution is 1.46. The summed E-state index contributed by atoms with van der Waals surface area (Å²) in [4.78, 5) is 0. The highest BCUT2D eigenvalue weighted by molar-refractivity contribution is 6.16. The molecule has 0 unspecified atom stereocenters. The van der Waals surface area contributed by atoms with Crippen molar-refractivity contribution in [1.82, 2.24) is 0 Å². The summed E-state index contributed by atoms with van der Waals surface area (Å²) in [7, 11) is 0. The van der Waals surface area contributed by atoms with Gasteiger partial charge in [-0.05, 0) is 90.0 Å². The van der Waals surface area contributed by atoms with Crippen molar-refractivity contribution < 1.29 is 0 Å². The molecular weight excluding hydrogens is 420 g/mol. The average Bonchev–Trinajstić information content (AvgIpc) is 2.92. The van der Waals surface area contributed by atoms with E-state index in [0.29, 0.717) is 0 Å². The highest BCUT2D eigenvalue weighted by Crippen LogP contribution is 2.41. The summed E-state index contributed by atoms with van der Waals surface area (Å²) in [6.07, 6.45) is 0. The molecule has 0 saturated carbocycles. The molecule has 7 rings (SSSR count). The maximum absolute atomic E-state index is 2.36. The lowest BCUT2D eigenvalue weighted by Gasteiger charge is -2.17. The third kappa shape index (κ3) is 3.07. The number of hydrogen-bond donors (Lipinski definition) is 0. The predicted molar refractivity (Wildman–Crippen MR) is 152 cm³/mol. The van der Waals surface area contributed by atoms with Crippen LogP contribution in [0.5, 0.6) is 0 Å². The lowest BCUT2D eigenvalue weighted by atomic mass is 9.86. The van der Waals surface area contributed by atoms with E-state index in [2.05, 4.69) is 134 Å². The summed E-state index contributed by atoms with van der Waals surface area (Å²) in [6, 6.07) is 46.5. The Balaban J connectivity index is 1.55. The van der Waals surface area contributed by atoms with Crippen LogP contribution >= 0.6 is 0 Å². The zero-order valence-electron chi connectivity index (χ0n) is 19.6. The quantitative estimate of drug-likeness (QED) is 0.233. The fourth-order valence-corrected chi connectivity index (χ4v) is 5.77. The number of fused-ring (bicyclic) bond motifs is 6. The van der Waals surface area contributed by atoms with Gasteiger partial charge in [-0.15, -0.1) is 0 Å². The van der Waals surface area contributed by atoms with Crippen LogP contribution in [0.1, 0.15) is 5.56 Å². The molecule has 0 heterocycles. The van der Waals surface area contributed by atoms with E-state index in [1.807, 2.05) is 0 Å². The third-order valence-corrected chi connectivity index (χ3v) is 7.45. The topological polar surface area (TPSA) is 0 Å². The molecule has 0 aliphatic carbocycles. The van der Waals surface area contributed by atoms with E-state index in [9.17, 15) is 0 Å². The maximum Gasteiger partial charge on any atom is -0.00961 e. The van der Waals surface area contributed by atoms with Gasteiger partial charge in [-0.2, -0.15) is 0 Å². The summed E-state index contributed by atoms with van der Waals surface area (Å²) in [5, 5.41) is 10.4. The second-order valence-electron chi connectivity index (χ2n) is 9.36. The van der Waals surface area contributed by atoms with E-state index in [1.54, 1.807) is 0 Å². The molecule has 0 aliphatic rings. The van der Waals surface area contributed by atoms with E-state index in [4.69, 9.17) is 0 Å². The minimum absolute atomic E-state index is 1.28. The summed E-state index contributed by atoms with van der Waals surface area (Å²) < 4.78 is 0. The van der Waals surface area contributed by atoms with Crippen LogP contribution in [0.2, 0.25) is 0 Å². The van der Waals surface area contributed by atoms with Gasteiger partial charge in [0.2, 0.25) is 0 Å². The van der Waals surface area contributed by atoms with Crippen molar-refractivity contribution in [2.75, 3.05) is 0 Å². The Morgan fingerprint density at radius 2 is 0.686 bits per heavy atom. The molecule has 164 valence electrons. The maximum atomic E-state index is 2.36. The highest BCUT2D eigenvalue weighted by atomic mass is 14.2. The lowest BCUT2D eigenvalue weighted by Crippen LogP contribution is -1.92. The molecule has 7 aromatic rings. The van der Waals surface area contributed by atoms with Crippen molar-refractivity contribution in [1.29, 1.82) is 0 Å². The fraction of sp³-hybridized carbons (Fsp3) is 0.0286. The van der Waals surface area contributed by atoms with E-state index >= 15 is 0 Å². The number of rotatable bonds is 2. The van der Waals surface area contributed by atoms with E-state index in [0.717, 1.165) is 0 Å². The van der Waals surface area contributed by atoms with Gasteiger partial charge in [-0.25, -0.2) is 0 Å². The molecular formula is C35H24. The van der Waals surface area contributed by atoms with Gasteiger partial charge >= 0.3 is 0 Å². The van der Waals surface area contributed by atoms with Gasteiger partial charge in [0.25, 0.3) is 0 Å². The molecule has 0 N–H and O–H groups in total. The minimum atomic E-state index is 1.28. The molecule has 7 aromatic carbocycles. The second-order valence-corrected chi connectivity index (χ2v) is 9.36. The van der Waals surface area contributed by atoms with Gasteiger partial charge in [-0.1, -0.05) is 115 Å². The predicted octanol–water partition coefficient (Wildman–Crippen LogP) is 9.94. The van der Waals surface area contributed by atoms with Crippen molar-refractivity contribution >= 4 is 43.1 Å². The first-order chi connectivity index (χ1) is 17.3. The average molecular weight is 445 g/mol. The van der Waals surface area contributed by atoms with Crippen molar-refractivity contribution in [3.05, 3.63) is 133 Å². The van der Waals surface area contributed by atoms with Crippen LogP contribution in [0.3, 0.4) is 0 Å². The van der Waals surface area contributed by atoms with Gasteiger partial charge in [-0.3, -0.25) is 0 Å². The number of benzene rings is 7. The SMILES string of the molecule is Cc1c(-c2cc3ccccc3c3ccccc23)cccc1-c1cc2ccccc2c2ccccc12. The van der Waals surface area contributed by atoms with Crippen LogP contribution in [-0.4, -0.2) is 0 Å². The van der Waals surface area contributed by atoms with E-state index < -0.39 is 0 Å². The monoisotopic (exact) mass is 444 g/mol. The molecule has 0 spiro atoms. The van der Waals surface area contributed by atoms with E-state index in [1.165, 1.54) is 70.9 Å². The van der Waals surface area contributed by atoms with Gasteiger partial charge in [0, 0.05) is 0 Å². The Morgan fingerprint density at radius 3 is 1.14 bits per heavy atom. The highest BCUT2D eigenvalue weighted by Gasteiger charge is 2.15. The molecule has 35 heavy (non-hydrogen) atoms. The molecule has 0 bridgehead atoms. The smallest absolute Gasteiger partial charge is 0.00961 e. The minimum Gasteiger partial charge on any atom is -0.0616 e. The Hall–Kier alpha value is -4.42. The van der Waals surface area contributed by atoms with Crippen LogP contribution in [-0.2, 0) is 0 Å². The number of hydrogen-bond acceptors (Lipinski definition) is 0. The largest absolute Gasteiger partial charge is 0.0616 e. The molecule has 0 aliphatic heterocycles. The molecule has 0 aromatic heterocycles. The second kappa shape index (κ2) is 7.82. The van der Waals surface area contributed by atoms with Crippen LogP contribution in [0.15, 0.2) is 127 Å². The van der Waals surface area contributed by atoms with Crippen molar-refractivity contribution in [3.8, 4) is 22.3 Å². The summed E-state index contributed by atoms with van der Waals surface area (Å²) in [6.45, 7) is 2.28. The molecule has 0 amide bonds.